The van der Waals surface area contributed by atoms with Crippen LogP contribution in [-0.2, 0) is 13.1 Å². The second-order valence-electron chi connectivity index (χ2n) is 4.66. The summed E-state index contributed by atoms with van der Waals surface area (Å²) in [5.41, 5.74) is 4.32. The first-order valence-corrected chi connectivity index (χ1v) is 7.15. The molecule has 0 amide bonds. The van der Waals surface area contributed by atoms with Gasteiger partial charge in [-0.2, -0.15) is 0 Å². The SMILES string of the molecule is CCNCc1ccnc(-c2cc(CNCC)ccn2)c1. The molecule has 0 fully saturated rings. The summed E-state index contributed by atoms with van der Waals surface area (Å²) < 4.78 is 0. The second-order valence-corrected chi connectivity index (χ2v) is 4.66. The van der Waals surface area contributed by atoms with Gasteiger partial charge in [0.1, 0.15) is 0 Å². The number of pyridine rings is 2. The topological polar surface area (TPSA) is 49.8 Å². The molecule has 2 aromatic heterocycles. The molecule has 4 nitrogen and oxygen atoms in total. The number of rotatable bonds is 7. The van der Waals surface area contributed by atoms with Crippen LogP contribution < -0.4 is 10.6 Å². The van der Waals surface area contributed by atoms with E-state index in [1.807, 2.05) is 24.5 Å². The van der Waals surface area contributed by atoms with Crippen molar-refractivity contribution < 1.29 is 0 Å². The Morgan fingerprint density at radius 3 is 1.65 bits per heavy atom. The van der Waals surface area contributed by atoms with Crippen LogP contribution in [0.1, 0.15) is 25.0 Å². The van der Waals surface area contributed by atoms with Crippen molar-refractivity contribution in [2.45, 2.75) is 26.9 Å². The average Bonchev–Trinajstić information content (AvgIpc) is 2.51. The molecule has 0 aromatic carbocycles. The van der Waals surface area contributed by atoms with Gasteiger partial charge in [0.25, 0.3) is 0 Å². The van der Waals surface area contributed by atoms with E-state index in [9.17, 15) is 0 Å². The maximum atomic E-state index is 4.43. The van der Waals surface area contributed by atoms with E-state index in [-0.39, 0.29) is 0 Å². The highest BCUT2D eigenvalue weighted by molar-refractivity contribution is 5.55. The van der Waals surface area contributed by atoms with Crippen LogP contribution >= 0.6 is 0 Å². The number of nitrogens with zero attached hydrogens (tertiary/aromatic N) is 2. The van der Waals surface area contributed by atoms with E-state index >= 15 is 0 Å². The quantitative estimate of drug-likeness (QED) is 0.811. The third kappa shape index (κ3) is 4.11. The summed E-state index contributed by atoms with van der Waals surface area (Å²) in [5.74, 6) is 0. The smallest absolute Gasteiger partial charge is 0.0889 e. The minimum Gasteiger partial charge on any atom is -0.313 e. The highest BCUT2D eigenvalue weighted by atomic mass is 14.8. The Hall–Kier alpha value is -1.78. The zero-order chi connectivity index (χ0) is 14.2. The molecule has 0 unspecified atom stereocenters. The van der Waals surface area contributed by atoms with Crippen molar-refractivity contribution in [2.75, 3.05) is 13.1 Å². The Labute approximate surface area is 120 Å². The molecule has 0 aliphatic carbocycles. The largest absolute Gasteiger partial charge is 0.313 e. The molecule has 0 radical (unpaired) electrons. The molecule has 2 heterocycles. The van der Waals surface area contributed by atoms with E-state index in [4.69, 9.17) is 0 Å². The first-order chi connectivity index (χ1) is 9.83. The van der Waals surface area contributed by atoms with Gasteiger partial charge >= 0.3 is 0 Å². The molecule has 0 saturated carbocycles. The Balaban J connectivity index is 2.17. The van der Waals surface area contributed by atoms with Gasteiger partial charge in [0.05, 0.1) is 11.4 Å². The molecule has 0 bridgehead atoms. The maximum Gasteiger partial charge on any atom is 0.0889 e. The van der Waals surface area contributed by atoms with E-state index in [1.54, 1.807) is 0 Å². The Bertz CT molecular complexity index is 490. The standard InChI is InChI=1S/C16H22N4/c1-3-17-11-13-5-7-19-15(9-13)16-10-14(6-8-20-16)12-18-4-2/h5-10,17-18H,3-4,11-12H2,1-2H3. The van der Waals surface area contributed by atoms with Crippen molar-refractivity contribution in [3.05, 3.63) is 47.8 Å². The molecule has 0 atom stereocenters. The highest BCUT2D eigenvalue weighted by Crippen LogP contribution is 2.16. The monoisotopic (exact) mass is 270 g/mol. The summed E-state index contributed by atoms with van der Waals surface area (Å²) >= 11 is 0. The van der Waals surface area contributed by atoms with Crippen molar-refractivity contribution in [3.63, 3.8) is 0 Å². The van der Waals surface area contributed by atoms with E-state index < -0.39 is 0 Å². The van der Waals surface area contributed by atoms with Crippen molar-refractivity contribution in [1.29, 1.82) is 0 Å². The Kier molecular flexibility index (Phi) is 5.65. The lowest BCUT2D eigenvalue weighted by Crippen LogP contribution is -2.12. The van der Waals surface area contributed by atoms with Crippen molar-refractivity contribution in [1.82, 2.24) is 20.6 Å². The summed E-state index contributed by atoms with van der Waals surface area (Å²) in [4.78, 5) is 8.86. The van der Waals surface area contributed by atoms with Crippen LogP contribution in [0, 0.1) is 0 Å². The fourth-order valence-corrected chi connectivity index (χ4v) is 1.99. The van der Waals surface area contributed by atoms with Crippen LogP contribution in [0.5, 0.6) is 0 Å². The van der Waals surface area contributed by atoms with Gasteiger partial charge in [0.15, 0.2) is 0 Å². The summed E-state index contributed by atoms with van der Waals surface area (Å²) in [7, 11) is 0. The molecule has 2 aromatic rings. The molecule has 106 valence electrons. The minimum atomic E-state index is 0.864. The predicted octanol–water partition coefficient (Wildman–Crippen LogP) is 2.36. The Morgan fingerprint density at radius 1 is 0.800 bits per heavy atom. The number of hydrogen-bond donors (Lipinski definition) is 2. The first kappa shape index (κ1) is 14.6. The molecule has 0 spiro atoms. The van der Waals surface area contributed by atoms with Gasteiger partial charge in [0, 0.05) is 25.5 Å². The third-order valence-electron chi connectivity index (χ3n) is 3.07. The van der Waals surface area contributed by atoms with Crippen molar-refractivity contribution in [3.8, 4) is 11.4 Å². The van der Waals surface area contributed by atoms with Crippen molar-refractivity contribution >= 4 is 0 Å². The predicted molar refractivity (Wildman–Crippen MR) is 82.2 cm³/mol. The molecular weight excluding hydrogens is 248 g/mol. The maximum absolute atomic E-state index is 4.43. The number of hydrogen-bond acceptors (Lipinski definition) is 4. The highest BCUT2D eigenvalue weighted by Gasteiger charge is 2.03. The van der Waals surface area contributed by atoms with Gasteiger partial charge in [-0.05, 0) is 48.5 Å². The summed E-state index contributed by atoms with van der Waals surface area (Å²) in [6.07, 6.45) is 3.70. The van der Waals surface area contributed by atoms with Crippen LogP contribution in [0.15, 0.2) is 36.7 Å². The zero-order valence-corrected chi connectivity index (χ0v) is 12.2. The molecular formula is C16H22N4. The molecule has 2 N–H and O–H groups in total. The van der Waals surface area contributed by atoms with Gasteiger partial charge < -0.3 is 10.6 Å². The summed E-state index contributed by atoms with van der Waals surface area (Å²) in [6.45, 7) is 7.87. The second kappa shape index (κ2) is 7.72. The lowest BCUT2D eigenvalue weighted by atomic mass is 10.1. The van der Waals surface area contributed by atoms with E-state index in [0.29, 0.717) is 0 Å². The average molecular weight is 270 g/mol. The molecule has 0 saturated heterocycles. The fraction of sp³-hybridized carbons (Fsp3) is 0.375. The van der Waals surface area contributed by atoms with E-state index in [0.717, 1.165) is 37.6 Å². The molecule has 20 heavy (non-hydrogen) atoms. The van der Waals surface area contributed by atoms with E-state index in [2.05, 4.69) is 46.6 Å². The fourth-order valence-electron chi connectivity index (χ4n) is 1.99. The zero-order valence-electron chi connectivity index (χ0n) is 12.2. The first-order valence-electron chi connectivity index (χ1n) is 7.15. The summed E-state index contributed by atoms with van der Waals surface area (Å²) in [5, 5.41) is 6.65. The number of aromatic nitrogens is 2. The van der Waals surface area contributed by atoms with Gasteiger partial charge in [0.2, 0.25) is 0 Å². The normalized spacial score (nSPS) is 10.7. The lowest BCUT2D eigenvalue weighted by molar-refractivity contribution is 0.725. The van der Waals surface area contributed by atoms with Gasteiger partial charge in [-0.1, -0.05) is 13.8 Å². The molecule has 0 aliphatic rings. The molecule has 4 heteroatoms. The van der Waals surface area contributed by atoms with Gasteiger partial charge in [-0.3, -0.25) is 9.97 Å². The van der Waals surface area contributed by atoms with Crippen LogP contribution in [0.4, 0.5) is 0 Å². The Morgan fingerprint density at radius 2 is 1.25 bits per heavy atom. The van der Waals surface area contributed by atoms with Gasteiger partial charge in [-0.25, -0.2) is 0 Å². The van der Waals surface area contributed by atoms with E-state index in [1.165, 1.54) is 11.1 Å². The lowest BCUT2D eigenvalue weighted by Gasteiger charge is -2.07. The van der Waals surface area contributed by atoms with Crippen LogP contribution in [0.25, 0.3) is 11.4 Å². The molecule has 2 rings (SSSR count). The van der Waals surface area contributed by atoms with Crippen LogP contribution in [0.2, 0.25) is 0 Å². The summed E-state index contributed by atoms with van der Waals surface area (Å²) in [6, 6.07) is 8.27. The minimum absolute atomic E-state index is 0.864. The van der Waals surface area contributed by atoms with Crippen LogP contribution in [-0.4, -0.2) is 23.1 Å². The van der Waals surface area contributed by atoms with Crippen molar-refractivity contribution in [2.24, 2.45) is 0 Å². The third-order valence-corrected chi connectivity index (χ3v) is 3.07. The molecule has 0 aliphatic heterocycles. The van der Waals surface area contributed by atoms with Gasteiger partial charge in [-0.15, -0.1) is 0 Å². The van der Waals surface area contributed by atoms with Crippen LogP contribution in [0.3, 0.4) is 0 Å². The number of nitrogens with one attached hydrogen (secondary N) is 2.